The lowest BCUT2D eigenvalue weighted by molar-refractivity contribution is 0.344. The highest BCUT2D eigenvalue weighted by Crippen LogP contribution is 2.43. The van der Waals surface area contributed by atoms with E-state index in [0.717, 1.165) is 88.7 Å². The van der Waals surface area contributed by atoms with Crippen LogP contribution in [-0.2, 0) is 0 Å². The normalized spacial score (nSPS) is 13.9. The number of aromatic nitrogens is 1. The van der Waals surface area contributed by atoms with Crippen molar-refractivity contribution in [3.8, 4) is 28.0 Å². The number of hydrogen-bond donors (Lipinski definition) is 0. The molecule has 0 unspecified atom stereocenters. The molecule has 0 aliphatic carbocycles. The molecule has 1 aliphatic rings. The van der Waals surface area contributed by atoms with Crippen LogP contribution in [0.15, 0.2) is 178 Å². The van der Waals surface area contributed by atoms with E-state index in [0.29, 0.717) is 11.5 Å². The lowest BCUT2D eigenvalue weighted by Crippen LogP contribution is -2.09. The van der Waals surface area contributed by atoms with Gasteiger partial charge in [-0.25, -0.2) is 4.98 Å². The maximum atomic E-state index is 6.34. The molecule has 0 radical (unpaired) electrons. The van der Waals surface area contributed by atoms with Crippen molar-refractivity contribution in [2.45, 2.75) is 0 Å². The predicted octanol–water partition coefficient (Wildman–Crippen LogP) is 12.6. The molecule has 52 heavy (non-hydrogen) atoms. The average molecular weight is 672 g/mol. The van der Waals surface area contributed by atoms with Crippen LogP contribution in [-0.4, -0.2) is 11.2 Å². The SMILES string of the molecule is C=C1/C=C\C=N/Oc2c1cccc2-c1ccc(N(c2ccc(-c3cccc4c3oc3ncccc34)cc2)c2ccc3c(c2)oc2ccccc23)cc1. The van der Waals surface area contributed by atoms with Crippen molar-refractivity contribution in [1.29, 1.82) is 0 Å². The van der Waals surface area contributed by atoms with E-state index < -0.39 is 0 Å². The van der Waals surface area contributed by atoms with Gasteiger partial charge in [-0.05, 0) is 77.4 Å². The molecule has 9 aromatic rings. The van der Waals surface area contributed by atoms with E-state index in [1.807, 2.05) is 60.7 Å². The number of benzene rings is 6. The van der Waals surface area contributed by atoms with Crippen LogP contribution >= 0.6 is 0 Å². The first-order chi connectivity index (χ1) is 25.7. The van der Waals surface area contributed by atoms with E-state index in [4.69, 9.17) is 13.7 Å². The van der Waals surface area contributed by atoms with Gasteiger partial charge in [0.15, 0.2) is 5.75 Å². The average Bonchev–Trinajstić information content (AvgIpc) is 3.76. The van der Waals surface area contributed by atoms with Crippen LogP contribution in [0.2, 0.25) is 0 Å². The van der Waals surface area contributed by atoms with Gasteiger partial charge in [-0.1, -0.05) is 96.7 Å². The van der Waals surface area contributed by atoms with Gasteiger partial charge in [0.05, 0.1) is 6.21 Å². The van der Waals surface area contributed by atoms with Crippen LogP contribution < -0.4 is 9.74 Å². The molecule has 6 heteroatoms. The number of hydrogen-bond acceptors (Lipinski definition) is 6. The Kier molecular flexibility index (Phi) is 6.86. The highest BCUT2D eigenvalue weighted by Gasteiger charge is 2.19. The minimum Gasteiger partial charge on any atom is -0.456 e. The summed E-state index contributed by atoms with van der Waals surface area (Å²) < 4.78 is 12.6. The predicted molar refractivity (Wildman–Crippen MR) is 212 cm³/mol. The fourth-order valence-corrected chi connectivity index (χ4v) is 7.22. The van der Waals surface area contributed by atoms with Crippen molar-refractivity contribution in [3.63, 3.8) is 0 Å². The zero-order valence-electron chi connectivity index (χ0n) is 27.9. The number of oxime groups is 1. The smallest absolute Gasteiger partial charge is 0.227 e. The van der Waals surface area contributed by atoms with Gasteiger partial charge >= 0.3 is 0 Å². The highest BCUT2D eigenvalue weighted by atomic mass is 16.6. The van der Waals surface area contributed by atoms with Crippen molar-refractivity contribution >= 4 is 72.9 Å². The van der Waals surface area contributed by atoms with Crippen LogP contribution in [0.25, 0.3) is 71.8 Å². The van der Waals surface area contributed by atoms with Gasteiger partial charge < -0.3 is 18.6 Å². The molecule has 10 rings (SSSR count). The summed E-state index contributed by atoms with van der Waals surface area (Å²) in [4.78, 5) is 12.6. The molecule has 4 heterocycles. The zero-order valence-corrected chi connectivity index (χ0v) is 27.9. The summed E-state index contributed by atoms with van der Waals surface area (Å²) in [5.74, 6) is 0.680. The maximum Gasteiger partial charge on any atom is 0.227 e. The third kappa shape index (κ3) is 4.88. The van der Waals surface area contributed by atoms with E-state index in [1.54, 1.807) is 12.4 Å². The lowest BCUT2D eigenvalue weighted by Gasteiger charge is -2.26. The molecule has 0 atom stereocenters. The van der Waals surface area contributed by atoms with Crippen molar-refractivity contribution in [2.75, 3.05) is 4.90 Å². The number of pyridine rings is 1. The molecule has 0 spiro atoms. The highest BCUT2D eigenvalue weighted by molar-refractivity contribution is 6.09. The van der Waals surface area contributed by atoms with E-state index in [-0.39, 0.29) is 0 Å². The number of nitrogens with zero attached hydrogens (tertiary/aromatic N) is 3. The summed E-state index contributed by atoms with van der Waals surface area (Å²) in [6.07, 6.45) is 7.15. The van der Waals surface area contributed by atoms with E-state index in [1.165, 1.54) is 0 Å². The Morgan fingerprint density at radius 3 is 2.06 bits per heavy atom. The Bertz CT molecular complexity index is 2900. The molecule has 3 aromatic heterocycles. The number of anilines is 3. The van der Waals surface area contributed by atoms with Gasteiger partial charge in [0, 0.05) is 67.6 Å². The molecule has 0 saturated carbocycles. The van der Waals surface area contributed by atoms with Gasteiger partial charge in [-0.2, -0.15) is 0 Å². The number of furan rings is 2. The van der Waals surface area contributed by atoms with Crippen LogP contribution in [0, 0.1) is 0 Å². The van der Waals surface area contributed by atoms with Gasteiger partial charge in [-0.3, -0.25) is 0 Å². The zero-order chi connectivity index (χ0) is 34.6. The standard InChI is InChI=1S/C46H29N3O3/c1-29-8-6-27-48-52-45-35(29)10-4-12-37(45)31-18-22-33(23-19-31)49(34-24-25-39-38-9-2-3-15-42(38)50-43(39)28-34)32-20-16-30(17-21-32)36-11-5-13-40-41-14-7-26-47-46(41)51-44(36)40/h2-28H,1H2/b8-6-,48-27-. The first kappa shape index (κ1) is 29.7. The lowest BCUT2D eigenvalue weighted by atomic mass is 9.97. The summed E-state index contributed by atoms with van der Waals surface area (Å²) in [5, 5.41) is 8.38. The summed E-state index contributed by atoms with van der Waals surface area (Å²) in [5.41, 5.74) is 11.9. The van der Waals surface area contributed by atoms with Crippen molar-refractivity contribution in [3.05, 3.63) is 170 Å². The number of fused-ring (bicyclic) bond motifs is 7. The fourth-order valence-electron chi connectivity index (χ4n) is 7.22. The van der Waals surface area contributed by atoms with Crippen LogP contribution in [0.3, 0.4) is 0 Å². The molecule has 0 amide bonds. The molecule has 0 fully saturated rings. The summed E-state index contributed by atoms with van der Waals surface area (Å²) in [6, 6.07) is 48.0. The van der Waals surface area contributed by atoms with Crippen molar-refractivity contribution in [1.82, 2.24) is 4.98 Å². The number of rotatable bonds is 5. The van der Waals surface area contributed by atoms with E-state index >= 15 is 0 Å². The quantitative estimate of drug-likeness (QED) is 0.182. The number of allylic oxidation sites excluding steroid dienone is 3. The summed E-state index contributed by atoms with van der Waals surface area (Å²) in [7, 11) is 0. The molecule has 0 bridgehead atoms. The monoisotopic (exact) mass is 671 g/mol. The summed E-state index contributed by atoms with van der Waals surface area (Å²) >= 11 is 0. The second-order valence-corrected chi connectivity index (χ2v) is 12.8. The molecule has 1 aliphatic heterocycles. The second kappa shape index (κ2) is 12.0. The minimum atomic E-state index is 0.639. The van der Waals surface area contributed by atoms with Crippen molar-refractivity contribution < 1.29 is 13.7 Å². The molecule has 0 N–H and O–H groups in total. The molecule has 246 valence electrons. The number of para-hydroxylation sites is 3. The third-order valence-corrected chi connectivity index (χ3v) is 9.72. The molecular weight excluding hydrogens is 643 g/mol. The van der Waals surface area contributed by atoms with Gasteiger partial charge in [0.1, 0.15) is 16.7 Å². The maximum absolute atomic E-state index is 6.34. The Labute approximate surface area is 298 Å². The minimum absolute atomic E-state index is 0.639. The molecule has 6 nitrogen and oxygen atoms in total. The van der Waals surface area contributed by atoms with Gasteiger partial charge in [0.2, 0.25) is 5.71 Å². The first-order valence-corrected chi connectivity index (χ1v) is 17.1. The molecular formula is C46H29N3O3. The second-order valence-electron chi connectivity index (χ2n) is 12.8. The summed E-state index contributed by atoms with van der Waals surface area (Å²) in [6.45, 7) is 4.23. The van der Waals surface area contributed by atoms with Crippen LogP contribution in [0.4, 0.5) is 17.1 Å². The molecule has 6 aromatic carbocycles. The largest absolute Gasteiger partial charge is 0.456 e. The van der Waals surface area contributed by atoms with Crippen molar-refractivity contribution in [2.24, 2.45) is 5.16 Å². The Balaban J connectivity index is 1.08. The third-order valence-electron chi connectivity index (χ3n) is 9.72. The first-order valence-electron chi connectivity index (χ1n) is 17.1. The van der Waals surface area contributed by atoms with E-state index in [2.05, 4.69) is 113 Å². The Morgan fingerprint density at radius 2 is 1.21 bits per heavy atom. The molecule has 0 saturated heterocycles. The Morgan fingerprint density at radius 1 is 0.538 bits per heavy atom. The van der Waals surface area contributed by atoms with Crippen LogP contribution in [0.1, 0.15) is 5.56 Å². The van der Waals surface area contributed by atoms with Gasteiger partial charge in [0.25, 0.3) is 0 Å². The van der Waals surface area contributed by atoms with Gasteiger partial charge in [-0.15, -0.1) is 0 Å². The fraction of sp³-hybridized carbons (Fsp3) is 0. The Hall–Kier alpha value is -7.18. The van der Waals surface area contributed by atoms with Crippen LogP contribution in [0.5, 0.6) is 5.75 Å². The van der Waals surface area contributed by atoms with E-state index in [9.17, 15) is 0 Å². The topological polar surface area (TPSA) is 64.0 Å².